The maximum atomic E-state index is 6.93. The Hall–Kier alpha value is -1.98. The summed E-state index contributed by atoms with van der Waals surface area (Å²) in [5, 5.41) is 0. The van der Waals surface area contributed by atoms with Crippen molar-refractivity contribution >= 4 is 17.3 Å². The predicted molar refractivity (Wildman–Crippen MR) is 79.0 cm³/mol. The molecule has 0 saturated heterocycles. The van der Waals surface area contributed by atoms with Gasteiger partial charge in [-0.1, -0.05) is 36.4 Å². The summed E-state index contributed by atoms with van der Waals surface area (Å²) < 4.78 is 5.55. The van der Waals surface area contributed by atoms with E-state index < -0.39 is 0 Å². The lowest BCUT2D eigenvalue weighted by molar-refractivity contribution is 0.318. The van der Waals surface area contributed by atoms with Crippen LogP contribution in [0.5, 0.6) is 5.75 Å². The summed E-state index contributed by atoms with van der Waals surface area (Å²) in [6.07, 6.45) is 0.849. The lowest BCUT2D eigenvalue weighted by Crippen LogP contribution is -1.97. The molecule has 0 atom stereocenters. The minimum absolute atomic E-state index is 0.617. The fraction of sp³-hybridized carbons (Fsp3) is 0.188. The monoisotopic (exact) mass is 271 g/mol. The van der Waals surface area contributed by atoms with Crippen LogP contribution in [0.1, 0.15) is 6.42 Å². The summed E-state index contributed by atoms with van der Waals surface area (Å²) in [4.78, 5) is 3.38. The Kier molecular flexibility index (Phi) is 4.83. The topological polar surface area (TPSA) is 13.6 Å². The van der Waals surface area contributed by atoms with Crippen LogP contribution in [0.25, 0.3) is 16.0 Å². The van der Waals surface area contributed by atoms with Crippen LogP contribution >= 0.6 is 11.6 Å². The summed E-state index contributed by atoms with van der Waals surface area (Å²) in [5.74, 6) is 1.47. The van der Waals surface area contributed by atoms with Crippen LogP contribution in [-0.4, -0.2) is 12.5 Å². The third-order valence-corrected chi connectivity index (χ3v) is 3.00. The van der Waals surface area contributed by atoms with Crippen LogP contribution in [0.15, 0.2) is 48.5 Å². The van der Waals surface area contributed by atoms with Gasteiger partial charge in [-0.25, -0.2) is 4.85 Å². The van der Waals surface area contributed by atoms with E-state index in [9.17, 15) is 0 Å². The lowest BCUT2D eigenvalue weighted by atomic mass is 10.1. The van der Waals surface area contributed by atoms with Gasteiger partial charge in [0.15, 0.2) is 5.69 Å². The van der Waals surface area contributed by atoms with Gasteiger partial charge in [-0.2, -0.15) is 0 Å². The van der Waals surface area contributed by atoms with Crippen molar-refractivity contribution in [3.63, 3.8) is 0 Å². The Morgan fingerprint density at radius 3 is 2.05 bits per heavy atom. The van der Waals surface area contributed by atoms with E-state index in [1.54, 1.807) is 0 Å². The van der Waals surface area contributed by atoms with Gasteiger partial charge in [0.1, 0.15) is 5.75 Å². The van der Waals surface area contributed by atoms with Crippen LogP contribution < -0.4 is 4.74 Å². The molecule has 2 aromatic rings. The van der Waals surface area contributed by atoms with Crippen molar-refractivity contribution in [1.82, 2.24) is 0 Å². The van der Waals surface area contributed by atoms with Gasteiger partial charge >= 0.3 is 0 Å². The maximum absolute atomic E-state index is 6.93. The van der Waals surface area contributed by atoms with E-state index in [1.807, 2.05) is 48.5 Å². The quantitative estimate of drug-likeness (QED) is 0.428. The fourth-order valence-corrected chi connectivity index (χ4v) is 1.83. The molecule has 0 fully saturated rings. The van der Waals surface area contributed by atoms with E-state index in [2.05, 4.69) is 4.85 Å². The number of alkyl halides is 1. The predicted octanol–water partition coefficient (Wildman–Crippen LogP) is 4.91. The van der Waals surface area contributed by atoms with E-state index in [4.69, 9.17) is 22.9 Å². The van der Waals surface area contributed by atoms with Crippen molar-refractivity contribution in [2.24, 2.45) is 0 Å². The molecule has 0 amide bonds. The Morgan fingerprint density at radius 2 is 1.53 bits per heavy atom. The molecule has 0 bridgehead atoms. The molecule has 0 aliphatic carbocycles. The van der Waals surface area contributed by atoms with Crippen LogP contribution in [0, 0.1) is 6.57 Å². The average molecular weight is 272 g/mol. The maximum Gasteiger partial charge on any atom is 0.187 e. The van der Waals surface area contributed by atoms with Crippen molar-refractivity contribution in [3.8, 4) is 16.9 Å². The molecule has 0 spiro atoms. The second-order valence-corrected chi connectivity index (χ2v) is 4.45. The van der Waals surface area contributed by atoms with Gasteiger partial charge in [0, 0.05) is 5.88 Å². The molecule has 3 heteroatoms. The highest BCUT2D eigenvalue weighted by Gasteiger charge is 1.99. The van der Waals surface area contributed by atoms with Crippen molar-refractivity contribution < 1.29 is 4.74 Å². The normalized spacial score (nSPS) is 9.89. The summed E-state index contributed by atoms with van der Waals surface area (Å²) in [6.45, 7) is 7.57. The first-order chi connectivity index (χ1) is 9.33. The van der Waals surface area contributed by atoms with Gasteiger partial charge in [0.25, 0.3) is 0 Å². The molecule has 0 heterocycles. The van der Waals surface area contributed by atoms with Crippen molar-refractivity contribution in [2.75, 3.05) is 12.5 Å². The molecule has 96 valence electrons. The summed E-state index contributed by atoms with van der Waals surface area (Å²) in [6, 6.07) is 15.5. The highest BCUT2D eigenvalue weighted by atomic mass is 35.5. The van der Waals surface area contributed by atoms with Crippen molar-refractivity contribution in [3.05, 3.63) is 59.9 Å². The van der Waals surface area contributed by atoms with Crippen LogP contribution in [-0.2, 0) is 0 Å². The Morgan fingerprint density at radius 1 is 0.947 bits per heavy atom. The van der Waals surface area contributed by atoms with Crippen molar-refractivity contribution in [2.45, 2.75) is 6.42 Å². The molecule has 0 radical (unpaired) electrons. The first-order valence-corrected chi connectivity index (χ1v) is 6.63. The molecular formula is C16H14ClNO. The number of halogens is 1. The van der Waals surface area contributed by atoms with Gasteiger partial charge in [-0.15, -0.1) is 11.6 Å². The standard InChI is InChI=1S/C16H14ClNO/c1-18-15-7-3-13(4-8-15)14-5-9-16(10-6-14)19-12-2-11-17/h3-10H,2,11-12H2. The molecular weight excluding hydrogens is 258 g/mol. The number of rotatable bonds is 5. The number of hydrogen-bond donors (Lipinski definition) is 0. The Balaban J connectivity index is 2.07. The Bertz CT molecular complexity index is 555. The molecule has 2 nitrogen and oxygen atoms in total. The van der Waals surface area contributed by atoms with E-state index in [0.29, 0.717) is 18.2 Å². The largest absolute Gasteiger partial charge is 0.494 e. The fourth-order valence-electron chi connectivity index (χ4n) is 1.72. The minimum Gasteiger partial charge on any atom is -0.494 e. The first kappa shape index (κ1) is 13.5. The second kappa shape index (κ2) is 6.82. The molecule has 19 heavy (non-hydrogen) atoms. The van der Waals surface area contributed by atoms with Crippen molar-refractivity contribution in [1.29, 1.82) is 0 Å². The van der Waals surface area contributed by atoms with E-state index >= 15 is 0 Å². The molecule has 0 aromatic heterocycles. The zero-order valence-electron chi connectivity index (χ0n) is 10.5. The Labute approximate surface area is 118 Å². The van der Waals surface area contributed by atoms with Gasteiger partial charge in [0.2, 0.25) is 0 Å². The molecule has 0 aliphatic rings. The van der Waals surface area contributed by atoms with Gasteiger partial charge in [0.05, 0.1) is 13.2 Å². The van der Waals surface area contributed by atoms with E-state index in [-0.39, 0.29) is 0 Å². The van der Waals surface area contributed by atoms with Gasteiger partial charge < -0.3 is 4.74 Å². The van der Waals surface area contributed by atoms with E-state index in [1.165, 1.54) is 0 Å². The summed E-state index contributed by atoms with van der Waals surface area (Å²) in [5.41, 5.74) is 2.87. The number of benzene rings is 2. The van der Waals surface area contributed by atoms with E-state index in [0.717, 1.165) is 23.3 Å². The molecule has 2 aromatic carbocycles. The molecule has 0 saturated carbocycles. The third kappa shape index (κ3) is 3.74. The SMILES string of the molecule is [C-]#[N+]c1ccc(-c2ccc(OCCCCl)cc2)cc1. The van der Waals surface area contributed by atoms with Gasteiger partial charge in [-0.05, 0) is 29.7 Å². The lowest BCUT2D eigenvalue weighted by Gasteiger charge is -2.06. The molecule has 0 N–H and O–H groups in total. The highest BCUT2D eigenvalue weighted by molar-refractivity contribution is 6.17. The third-order valence-electron chi connectivity index (χ3n) is 2.73. The zero-order chi connectivity index (χ0) is 13.5. The average Bonchev–Trinajstić information content (AvgIpc) is 2.48. The number of ether oxygens (including phenoxy) is 1. The highest BCUT2D eigenvalue weighted by Crippen LogP contribution is 2.24. The summed E-state index contributed by atoms with van der Waals surface area (Å²) >= 11 is 5.60. The minimum atomic E-state index is 0.617. The first-order valence-electron chi connectivity index (χ1n) is 6.10. The van der Waals surface area contributed by atoms with Crippen LogP contribution in [0.4, 0.5) is 5.69 Å². The molecule has 0 aliphatic heterocycles. The van der Waals surface area contributed by atoms with Gasteiger partial charge in [-0.3, -0.25) is 0 Å². The van der Waals surface area contributed by atoms with Crippen LogP contribution in [0.3, 0.4) is 0 Å². The van der Waals surface area contributed by atoms with Crippen LogP contribution in [0.2, 0.25) is 0 Å². The summed E-state index contributed by atoms with van der Waals surface area (Å²) in [7, 11) is 0. The smallest absolute Gasteiger partial charge is 0.187 e. The molecule has 0 unspecified atom stereocenters. The number of nitrogens with zero attached hydrogens (tertiary/aromatic N) is 1. The second-order valence-electron chi connectivity index (χ2n) is 4.07. The zero-order valence-corrected chi connectivity index (χ0v) is 11.2. The molecule has 2 rings (SSSR count). The number of hydrogen-bond acceptors (Lipinski definition) is 1.